The van der Waals surface area contributed by atoms with Gasteiger partial charge in [-0.15, -0.1) is 0 Å². The first-order valence-electron chi connectivity index (χ1n) is 8.31. The lowest BCUT2D eigenvalue weighted by molar-refractivity contribution is -0.627. The summed E-state index contributed by atoms with van der Waals surface area (Å²) >= 11 is 1.68. The zero-order valence-electron chi connectivity index (χ0n) is 14.9. The molecule has 2 aromatic heterocycles. The van der Waals surface area contributed by atoms with E-state index < -0.39 is 0 Å². The second-order valence-corrected chi connectivity index (χ2v) is 6.89. The number of nitrogens with zero attached hydrogens (tertiary/aromatic N) is 3. The Morgan fingerprint density at radius 1 is 1.12 bits per heavy atom. The summed E-state index contributed by atoms with van der Waals surface area (Å²) in [5.41, 5.74) is 3.33. The summed E-state index contributed by atoms with van der Waals surface area (Å²) in [4.78, 5) is 4.96. The van der Waals surface area contributed by atoms with Gasteiger partial charge in [-0.1, -0.05) is 18.2 Å². The molecule has 2 aromatic carbocycles. The van der Waals surface area contributed by atoms with Crippen molar-refractivity contribution < 1.29 is 33.3 Å². The Hall–Kier alpha value is -1.93. The lowest BCUT2D eigenvalue weighted by atomic mass is 10.2. The predicted molar refractivity (Wildman–Crippen MR) is 102 cm³/mol. The highest BCUT2D eigenvalue weighted by Crippen LogP contribution is 2.28. The van der Waals surface area contributed by atoms with Crippen molar-refractivity contribution in [2.75, 3.05) is 7.11 Å². The standard InChI is InChI=1S/C20H20N3OS.HI/c1-4-23-16-8-6-5-7-14(16)9-12-19(23)21-20-22(2)17-11-10-15(24-3)13-18(17)25-20;/h5-13H,4H2,1-3H3;1H/q+1;/p-1. The van der Waals surface area contributed by atoms with Crippen molar-refractivity contribution in [1.82, 2.24) is 4.57 Å². The average Bonchev–Trinajstić information content (AvgIpc) is 2.96. The van der Waals surface area contributed by atoms with Gasteiger partial charge >= 0.3 is 5.13 Å². The number of halogens is 1. The maximum absolute atomic E-state index is 5.34. The SMILES string of the molecule is CCn1c(=Nc2sc3cc(OC)ccc3[n+]2C)ccc2ccccc21.[I-]. The quantitative estimate of drug-likeness (QED) is 0.319. The van der Waals surface area contributed by atoms with Crippen LogP contribution in [0.15, 0.2) is 59.6 Å². The molecule has 2 heterocycles. The van der Waals surface area contributed by atoms with E-state index in [9.17, 15) is 0 Å². The van der Waals surface area contributed by atoms with Crippen LogP contribution in [0.25, 0.3) is 21.1 Å². The van der Waals surface area contributed by atoms with Crippen LogP contribution >= 0.6 is 11.3 Å². The summed E-state index contributed by atoms with van der Waals surface area (Å²) in [5.74, 6) is 0.871. The Bertz CT molecular complexity index is 1150. The minimum Gasteiger partial charge on any atom is -1.00 e. The third-order valence-electron chi connectivity index (χ3n) is 4.46. The Kier molecular flexibility index (Phi) is 5.62. The number of benzene rings is 2. The zero-order chi connectivity index (χ0) is 17.4. The lowest BCUT2D eigenvalue weighted by Gasteiger charge is -2.06. The molecule has 6 heteroatoms. The van der Waals surface area contributed by atoms with E-state index >= 15 is 0 Å². The van der Waals surface area contributed by atoms with Crippen LogP contribution in [0.2, 0.25) is 0 Å². The molecule has 26 heavy (non-hydrogen) atoms. The lowest BCUT2D eigenvalue weighted by Crippen LogP contribution is -3.00. The number of ether oxygens (including phenoxy) is 1. The maximum atomic E-state index is 5.34. The number of hydrogen-bond donors (Lipinski definition) is 0. The smallest absolute Gasteiger partial charge is 0.385 e. The molecule has 0 fully saturated rings. The van der Waals surface area contributed by atoms with Crippen LogP contribution in [0.3, 0.4) is 0 Å². The van der Waals surface area contributed by atoms with Crippen molar-refractivity contribution in [3.8, 4) is 5.75 Å². The Balaban J connectivity index is 0.00000196. The van der Waals surface area contributed by atoms with Crippen LogP contribution in [-0.4, -0.2) is 11.7 Å². The van der Waals surface area contributed by atoms with E-state index in [2.05, 4.69) is 71.6 Å². The molecule has 0 atom stereocenters. The molecule has 0 amide bonds. The molecule has 0 aliphatic rings. The van der Waals surface area contributed by atoms with Crippen LogP contribution in [0.5, 0.6) is 5.75 Å². The molecule has 0 spiro atoms. The first-order valence-corrected chi connectivity index (χ1v) is 9.13. The molecule has 0 saturated heterocycles. The molecular formula is C20H20IN3OS. The third-order valence-corrected chi connectivity index (χ3v) is 5.55. The summed E-state index contributed by atoms with van der Waals surface area (Å²) in [6.45, 7) is 3.03. The fourth-order valence-electron chi connectivity index (χ4n) is 3.13. The Labute approximate surface area is 173 Å². The number of fused-ring (bicyclic) bond motifs is 2. The van der Waals surface area contributed by atoms with Crippen molar-refractivity contribution in [2.24, 2.45) is 12.0 Å². The van der Waals surface area contributed by atoms with Gasteiger partial charge in [-0.3, -0.25) is 0 Å². The molecule has 4 rings (SSSR count). The third kappa shape index (κ3) is 3.23. The number of methoxy groups -OCH3 is 1. The van der Waals surface area contributed by atoms with Gasteiger partial charge in [-0.05, 0) is 52.9 Å². The minimum absolute atomic E-state index is 0. The highest BCUT2D eigenvalue weighted by Gasteiger charge is 2.16. The van der Waals surface area contributed by atoms with E-state index in [4.69, 9.17) is 9.73 Å². The van der Waals surface area contributed by atoms with Gasteiger partial charge in [0, 0.05) is 18.7 Å². The molecule has 0 bridgehead atoms. The fourth-order valence-corrected chi connectivity index (χ4v) is 4.18. The van der Waals surface area contributed by atoms with Crippen molar-refractivity contribution in [3.63, 3.8) is 0 Å². The van der Waals surface area contributed by atoms with Gasteiger partial charge in [0.15, 0.2) is 0 Å². The molecule has 0 radical (unpaired) electrons. The molecular weight excluding hydrogens is 457 g/mol. The summed E-state index contributed by atoms with van der Waals surface area (Å²) in [7, 11) is 3.75. The van der Waals surface area contributed by atoms with E-state index in [-0.39, 0.29) is 24.0 Å². The van der Waals surface area contributed by atoms with Gasteiger partial charge in [-0.25, -0.2) is 4.57 Å². The second kappa shape index (κ2) is 7.75. The van der Waals surface area contributed by atoms with Crippen LogP contribution in [-0.2, 0) is 13.6 Å². The normalized spacial score (nSPS) is 11.7. The van der Waals surface area contributed by atoms with Crippen LogP contribution in [0, 0.1) is 0 Å². The van der Waals surface area contributed by atoms with Crippen molar-refractivity contribution in [2.45, 2.75) is 13.5 Å². The monoisotopic (exact) mass is 477 g/mol. The number of aryl methyl sites for hydroxylation is 2. The summed E-state index contributed by atoms with van der Waals surface area (Å²) in [6, 6.07) is 18.8. The average molecular weight is 477 g/mol. The molecule has 0 aliphatic heterocycles. The summed E-state index contributed by atoms with van der Waals surface area (Å²) in [5, 5.41) is 2.20. The largest absolute Gasteiger partial charge is 1.00 e. The van der Waals surface area contributed by atoms with E-state index in [1.54, 1.807) is 18.4 Å². The van der Waals surface area contributed by atoms with Crippen molar-refractivity contribution in [1.29, 1.82) is 0 Å². The van der Waals surface area contributed by atoms with Crippen molar-refractivity contribution in [3.05, 3.63) is 60.1 Å². The van der Waals surface area contributed by atoms with Gasteiger partial charge in [0.25, 0.3) is 0 Å². The number of aromatic nitrogens is 2. The molecule has 0 aliphatic carbocycles. The van der Waals surface area contributed by atoms with Gasteiger partial charge in [0.05, 0.1) is 24.4 Å². The maximum Gasteiger partial charge on any atom is 0.385 e. The van der Waals surface area contributed by atoms with Gasteiger partial charge in [-0.2, -0.15) is 0 Å². The first-order chi connectivity index (χ1) is 12.2. The Morgan fingerprint density at radius 2 is 1.92 bits per heavy atom. The van der Waals surface area contributed by atoms with Crippen LogP contribution in [0.4, 0.5) is 5.13 Å². The molecule has 4 aromatic rings. The highest BCUT2D eigenvalue weighted by molar-refractivity contribution is 7.21. The highest BCUT2D eigenvalue weighted by atomic mass is 127. The number of hydrogen-bond acceptors (Lipinski definition) is 3. The van der Waals surface area contributed by atoms with Crippen LogP contribution < -0.4 is 38.8 Å². The number of thiazole rings is 1. The number of para-hydroxylation sites is 1. The number of pyridine rings is 1. The van der Waals surface area contributed by atoms with E-state index in [0.29, 0.717) is 0 Å². The van der Waals surface area contributed by atoms with Gasteiger partial charge in [0.2, 0.25) is 5.49 Å². The van der Waals surface area contributed by atoms with Gasteiger partial charge < -0.3 is 33.3 Å². The van der Waals surface area contributed by atoms with E-state index in [1.807, 2.05) is 6.07 Å². The zero-order valence-corrected chi connectivity index (χ0v) is 17.9. The van der Waals surface area contributed by atoms with E-state index in [1.165, 1.54) is 15.6 Å². The van der Waals surface area contributed by atoms with E-state index in [0.717, 1.165) is 28.4 Å². The Morgan fingerprint density at radius 3 is 2.69 bits per heavy atom. The van der Waals surface area contributed by atoms with Crippen molar-refractivity contribution >= 4 is 37.6 Å². The molecule has 0 saturated carbocycles. The first kappa shape index (κ1) is 18.8. The fraction of sp³-hybridized carbons (Fsp3) is 0.200. The number of rotatable bonds is 3. The van der Waals surface area contributed by atoms with Gasteiger partial charge in [0.1, 0.15) is 11.3 Å². The summed E-state index contributed by atoms with van der Waals surface area (Å²) < 4.78 is 10.9. The minimum atomic E-state index is 0. The summed E-state index contributed by atoms with van der Waals surface area (Å²) in [6.07, 6.45) is 0. The molecule has 4 nitrogen and oxygen atoms in total. The second-order valence-electron chi connectivity index (χ2n) is 5.88. The topological polar surface area (TPSA) is 30.4 Å². The molecule has 0 unspecified atom stereocenters. The molecule has 0 N–H and O–H groups in total. The molecule has 134 valence electrons. The predicted octanol–water partition coefficient (Wildman–Crippen LogP) is 0.945. The van der Waals surface area contributed by atoms with Crippen LogP contribution in [0.1, 0.15) is 6.92 Å².